The summed E-state index contributed by atoms with van der Waals surface area (Å²) in [6.45, 7) is 3.44. The van der Waals surface area contributed by atoms with Crippen LogP contribution in [-0.2, 0) is 13.1 Å². The number of nitrogens with zero attached hydrogens (tertiary/aromatic N) is 1. The number of carboxylic acids is 1. The van der Waals surface area contributed by atoms with E-state index in [1.54, 1.807) is 18.2 Å². The summed E-state index contributed by atoms with van der Waals surface area (Å²) in [5, 5.41) is 13.8. The molecule has 0 amide bonds. The number of halogens is 2. The standard InChI is InChI=1S/C22H18Cl2N2O2/c1-13-3-2-4-18(22(27)28)21(13)25-16-6-5-14-11-26(12-15(14)9-16)17-7-8-19(23)20(24)10-17/h2-10,25H,11-12H2,1H3,(H,27,28). The average molecular weight is 413 g/mol. The van der Waals surface area contributed by atoms with Gasteiger partial charge in [-0.1, -0.05) is 41.4 Å². The zero-order valence-corrected chi connectivity index (χ0v) is 16.7. The van der Waals surface area contributed by atoms with Gasteiger partial charge in [0.05, 0.1) is 21.3 Å². The van der Waals surface area contributed by atoms with Crippen LogP contribution in [-0.4, -0.2) is 11.1 Å². The van der Waals surface area contributed by atoms with Gasteiger partial charge >= 0.3 is 5.97 Å². The minimum atomic E-state index is -0.946. The van der Waals surface area contributed by atoms with Crippen molar-refractivity contribution in [2.45, 2.75) is 20.0 Å². The predicted octanol–water partition coefficient (Wildman–Crippen LogP) is 6.26. The zero-order valence-electron chi connectivity index (χ0n) is 15.2. The van der Waals surface area contributed by atoms with E-state index in [-0.39, 0.29) is 5.56 Å². The van der Waals surface area contributed by atoms with Gasteiger partial charge in [-0.05, 0) is 60.0 Å². The molecule has 0 saturated carbocycles. The highest BCUT2D eigenvalue weighted by Gasteiger charge is 2.21. The quantitative estimate of drug-likeness (QED) is 0.530. The number of aryl methyl sites for hydroxylation is 1. The molecule has 0 atom stereocenters. The number of hydrogen-bond acceptors (Lipinski definition) is 3. The van der Waals surface area contributed by atoms with Gasteiger partial charge in [0.25, 0.3) is 0 Å². The van der Waals surface area contributed by atoms with E-state index in [9.17, 15) is 9.90 Å². The Morgan fingerprint density at radius 3 is 2.54 bits per heavy atom. The van der Waals surface area contributed by atoms with Gasteiger partial charge in [0, 0.05) is 24.5 Å². The Bertz CT molecular complexity index is 1080. The van der Waals surface area contributed by atoms with Crippen molar-refractivity contribution in [3.63, 3.8) is 0 Å². The summed E-state index contributed by atoms with van der Waals surface area (Å²) in [6.07, 6.45) is 0. The van der Waals surface area contributed by atoms with Gasteiger partial charge in [-0.3, -0.25) is 0 Å². The second-order valence-corrected chi connectivity index (χ2v) is 7.68. The smallest absolute Gasteiger partial charge is 0.337 e. The van der Waals surface area contributed by atoms with E-state index in [1.165, 1.54) is 11.1 Å². The molecule has 0 spiro atoms. The molecule has 1 heterocycles. The summed E-state index contributed by atoms with van der Waals surface area (Å²) < 4.78 is 0. The van der Waals surface area contributed by atoms with Crippen molar-refractivity contribution in [3.8, 4) is 0 Å². The third kappa shape index (κ3) is 3.53. The molecule has 0 fully saturated rings. The third-order valence-corrected chi connectivity index (χ3v) is 5.71. The van der Waals surface area contributed by atoms with Crippen LogP contribution < -0.4 is 10.2 Å². The van der Waals surface area contributed by atoms with Crippen LogP contribution in [0.4, 0.5) is 17.1 Å². The molecule has 0 bridgehead atoms. The molecule has 1 aliphatic heterocycles. The largest absolute Gasteiger partial charge is 0.478 e. The topological polar surface area (TPSA) is 52.6 Å². The summed E-state index contributed by atoms with van der Waals surface area (Å²) in [5.41, 5.74) is 6.09. The molecule has 0 unspecified atom stereocenters. The fourth-order valence-corrected chi connectivity index (χ4v) is 3.79. The van der Waals surface area contributed by atoms with Gasteiger partial charge in [-0.2, -0.15) is 0 Å². The Labute approximate surface area is 173 Å². The van der Waals surface area contributed by atoms with Crippen molar-refractivity contribution in [3.05, 3.63) is 86.9 Å². The number of nitrogens with one attached hydrogen (secondary N) is 1. The van der Waals surface area contributed by atoms with Crippen LogP contribution in [0.25, 0.3) is 0 Å². The SMILES string of the molecule is Cc1cccc(C(=O)O)c1Nc1ccc2c(c1)CN(c1ccc(Cl)c(Cl)c1)C2. The van der Waals surface area contributed by atoms with E-state index >= 15 is 0 Å². The number of hydrogen-bond donors (Lipinski definition) is 2. The Morgan fingerprint density at radius 2 is 1.79 bits per heavy atom. The lowest BCUT2D eigenvalue weighted by molar-refractivity contribution is 0.0698. The molecular formula is C22H18Cl2N2O2. The number of aromatic carboxylic acids is 1. The summed E-state index contributed by atoms with van der Waals surface area (Å²) in [4.78, 5) is 13.8. The average Bonchev–Trinajstić information content (AvgIpc) is 3.08. The Balaban J connectivity index is 1.59. The van der Waals surface area contributed by atoms with Crippen molar-refractivity contribution in [2.24, 2.45) is 0 Å². The van der Waals surface area contributed by atoms with Crippen molar-refractivity contribution in [1.29, 1.82) is 0 Å². The first-order chi connectivity index (χ1) is 13.4. The molecule has 142 valence electrons. The zero-order chi connectivity index (χ0) is 19.8. The molecule has 4 rings (SSSR count). The highest BCUT2D eigenvalue weighted by molar-refractivity contribution is 6.42. The van der Waals surface area contributed by atoms with E-state index in [1.807, 2.05) is 31.2 Å². The molecule has 0 aliphatic carbocycles. The van der Waals surface area contributed by atoms with Crippen molar-refractivity contribution in [2.75, 3.05) is 10.2 Å². The first-order valence-corrected chi connectivity index (χ1v) is 9.59. The summed E-state index contributed by atoms with van der Waals surface area (Å²) in [5.74, 6) is -0.946. The van der Waals surface area contributed by atoms with Crippen LogP contribution in [0.2, 0.25) is 10.0 Å². The molecule has 2 N–H and O–H groups in total. The van der Waals surface area contributed by atoms with Crippen LogP contribution in [0.1, 0.15) is 27.0 Å². The lowest BCUT2D eigenvalue weighted by Crippen LogP contribution is -2.14. The lowest BCUT2D eigenvalue weighted by Gasteiger charge is -2.18. The fraction of sp³-hybridized carbons (Fsp3) is 0.136. The Morgan fingerprint density at radius 1 is 1.00 bits per heavy atom. The maximum absolute atomic E-state index is 11.5. The highest BCUT2D eigenvalue weighted by atomic mass is 35.5. The Hall–Kier alpha value is -2.69. The first kappa shape index (κ1) is 18.7. The van der Waals surface area contributed by atoms with Gasteiger partial charge in [0.1, 0.15) is 0 Å². The van der Waals surface area contributed by atoms with Crippen molar-refractivity contribution < 1.29 is 9.90 Å². The van der Waals surface area contributed by atoms with E-state index in [0.29, 0.717) is 15.7 Å². The molecule has 3 aromatic rings. The number of rotatable bonds is 4. The van der Waals surface area contributed by atoms with Crippen LogP contribution in [0.3, 0.4) is 0 Å². The predicted molar refractivity (Wildman–Crippen MR) is 114 cm³/mol. The fourth-order valence-electron chi connectivity index (χ4n) is 3.49. The van der Waals surface area contributed by atoms with E-state index in [0.717, 1.165) is 30.0 Å². The lowest BCUT2D eigenvalue weighted by atomic mass is 10.1. The van der Waals surface area contributed by atoms with Gasteiger partial charge in [0.15, 0.2) is 0 Å². The first-order valence-electron chi connectivity index (χ1n) is 8.84. The van der Waals surface area contributed by atoms with E-state index in [4.69, 9.17) is 23.2 Å². The van der Waals surface area contributed by atoms with Crippen LogP contribution in [0, 0.1) is 6.92 Å². The van der Waals surface area contributed by atoms with Gasteiger partial charge in [0.2, 0.25) is 0 Å². The number of para-hydroxylation sites is 1. The van der Waals surface area contributed by atoms with Gasteiger partial charge in [-0.15, -0.1) is 0 Å². The van der Waals surface area contributed by atoms with Crippen LogP contribution >= 0.6 is 23.2 Å². The molecule has 0 saturated heterocycles. The third-order valence-electron chi connectivity index (χ3n) is 4.97. The maximum Gasteiger partial charge on any atom is 0.337 e. The molecule has 4 nitrogen and oxygen atoms in total. The minimum Gasteiger partial charge on any atom is -0.478 e. The van der Waals surface area contributed by atoms with Crippen molar-refractivity contribution >= 4 is 46.2 Å². The van der Waals surface area contributed by atoms with E-state index in [2.05, 4.69) is 22.3 Å². The van der Waals surface area contributed by atoms with Gasteiger partial charge in [-0.25, -0.2) is 4.79 Å². The molecule has 6 heteroatoms. The number of fused-ring (bicyclic) bond motifs is 1. The molecule has 0 aromatic heterocycles. The second-order valence-electron chi connectivity index (χ2n) is 6.87. The summed E-state index contributed by atoms with van der Waals surface area (Å²) in [6, 6.07) is 17.0. The number of carbonyl (C=O) groups is 1. The van der Waals surface area contributed by atoms with Crippen LogP contribution in [0.5, 0.6) is 0 Å². The number of benzene rings is 3. The maximum atomic E-state index is 11.5. The molecule has 3 aromatic carbocycles. The molecule has 28 heavy (non-hydrogen) atoms. The van der Waals surface area contributed by atoms with Crippen LogP contribution in [0.15, 0.2) is 54.6 Å². The monoisotopic (exact) mass is 412 g/mol. The van der Waals surface area contributed by atoms with Crippen molar-refractivity contribution in [1.82, 2.24) is 0 Å². The summed E-state index contributed by atoms with van der Waals surface area (Å²) >= 11 is 12.2. The molecule has 0 radical (unpaired) electrons. The van der Waals surface area contributed by atoms with Gasteiger partial charge < -0.3 is 15.3 Å². The molecule has 1 aliphatic rings. The molecular weight excluding hydrogens is 395 g/mol. The summed E-state index contributed by atoms with van der Waals surface area (Å²) in [7, 11) is 0. The Kier molecular flexibility index (Phi) is 4.92. The normalized spacial score (nSPS) is 12.8. The highest BCUT2D eigenvalue weighted by Crippen LogP contribution is 2.34. The second kappa shape index (κ2) is 7.38. The number of carboxylic acid groups (broad SMARTS) is 1. The number of anilines is 3. The van der Waals surface area contributed by atoms with E-state index < -0.39 is 5.97 Å². The minimum absolute atomic E-state index is 0.262.